The van der Waals surface area contributed by atoms with Gasteiger partial charge < -0.3 is 16.4 Å². The quantitative estimate of drug-likeness (QED) is 0.191. The molecule has 5 heteroatoms. The highest BCUT2D eigenvalue weighted by molar-refractivity contribution is 5.98. The molecular weight excluding hydrogens is 504 g/mol. The molecule has 4 aromatic rings. The monoisotopic (exact) mass is 546 g/mol. The summed E-state index contributed by atoms with van der Waals surface area (Å²) in [6.45, 7) is 13.1. The van der Waals surface area contributed by atoms with Crippen molar-refractivity contribution in [2.24, 2.45) is 16.5 Å². The lowest BCUT2D eigenvalue weighted by molar-refractivity contribution is 0.0730. The largest absolute Gasteiger partial charge is 0.370 e. The molecule has 0 fully saturated rings. The Morgan fingerprint density at radius 2 is 1.39 bits per heavy atom. The van der Waals surface area contributed by atoms with Crippen LogP contribution in [0.25, 0.3) is 10.8 Å². The van der Waals surface area contributed by atoms with Gasteiger partial charge in [0.15, 0.2) is 5.96 Å². The molecule has 41 heavy (non-hydrogen) atoms. The van der Waals surface area contributed by atoms with Crippen LogP contribution in [0.4, 0.5) is 0 Å². The van der Waals surface area contributed by atoms with E-state index in [1.165, 1.54) is 28.7 Å². The van der Waals surface area contributed by atoms with E-state index in [-0.39, 0.29) is 22.7 Å². The van der Waals surface area contributed by atoms with E-state index in [0.717, 1.165) is 28.3 Å². The molecule has 0 radical (unpaired) electrons. The Balaban J connectivity index is 1.51. The fourth-order valence-electron chi connectivity index (χ4n) is 6.00. The Bertz CT molecular complexity index is 1610. The first-order valence-corrected chi connectivity index (χ1v) is 14.5. The number of aryl methyl sites for hydroxylation is 1. The summed E-state index contributed by atoms with van der Waals surface area (Å²) in [4.78, 5) is 20.2. The van der Waals surface area contributed by atoms with E-state index in [9.17, 15) is 4.79 Å². The molecule has 4 N–H and O–H groups in total. The molecule has 0 unspecified atom stereocenters. The Morgan fingerprint density at radius 3 is 2.05 bits per heavy atom. The van der Waals surface area contributed by atoms with Gasteiger partial charge in [-0.25, -0.2) is 4.99 Å². The predicted molar refractivity (Wildman–Crippen MR) is 170 cm³/mol. The number of amides is 1. The average molecular weight is 547 g/mol. The summed E-state index contributed by atoms with van der Waals surface area (Å²) in [5.74, 6) is 0.102. The Morgan fingerprint density at radius 1 is 0.780 bits per heavy atom. The molecule has 4 aromatic carbocycles. The standard InChI is InChI=1S/C36H42N4O/c1-24-18-31-32(36(4,5)17-16-35(31,2)3)20-30(24)23-40(22-26-12-10-25(11-13-26)21-39-34(37)38)33(41)29-15-14-27-8-6-7-9-28(27)19-29/h6-15,18-20H,16-17,21-23H2,1-5H3,(H4,37,38,39). The minimum atomic E-state index is 0.0250. The van der Waals surface area contributed by atoms with Gasteiger partial charge >= 0.3 is 0 Å². The third-order valence-electron chi connectivity index (χ3n) is 8.79. The van der Waals surface area contributed by atoms with Gasteiger partial charge in [-0.3, -0.25) is 4.79 Å². The van der Waals surface area contributed by atoms with E-state index >= 15 is 0 Å². The zero-order valence-corrected chi connectivity index (χ0v) is 25.0. The highest BCUT2D eigenvalue weighted by Crippen LogP contribution is 2.46. The predicted octanol–water partition coefficient (Wildman–Crippen LogP) is 7.11. The third-order valence-corrected chi connectivity index (χ3v) is 8.79. The van der Waals surface area contributed by atoms with Crippen LogP contribution in [0.1, 0.15) is 84.3 Å². The van der Waals surface area contributed by atoms with Crippen LogP contribution in [0.15, 0.2) is 83.9 Å². The summed E-state index contributed by atoms with van der Waals surface area (Å²) in [7, 11) is 0. The summed E-state index contributed by atoms with van der Waals surface area (Å²) in [5, 5.41) is 2.19. The summed E-state index contributed by atoms with van der Waals surface area (Å²) >= 11 is 0. The molecule has 0 saturated carbocycles. The summed E-state index contributed by atoms with van der Waals surface area (Å²) < 4.78 is 0. The maximum atomic E-state index is 14.2. The van der Waals surface area contributed by atoms with Crippen molar-refractivity contribution in [2.75, 3.05) is 0 Å². The van der Waals surface area contributed by atoms with E-state index < -0.39 is 0 Å². The van der Waals surface area contributed by atoms with Gasteiger partial charge in [-0.05, 0) is 86.9 Å². The smallest absolute Gasteiger partial charge is 0.254 e. The van der Waals surface area contributed by atoms with Gasteiger partial charge in [0.05, 0.1) is 6.54 Å². The van der Waals surface area contributed by atoms with Crippen molar-refractivity contribution < 1.29 is 4.79 Å². The van der Waals surface area contributed by atoms with Crippen molar-refractivity contribution in [1.29, 1.82) is 0 Å². The van der Waals surface area contributed by atoms with Crippen LogP contribution >= 0.6 is 0 Å². The topological polar surface area (TPSA) is 84.7 Å². The van der Waals surface area contributed by atoms with Gasteiger partial charge in [0.1, 0.15) is 0 Å². The van der Waals surface area contributed by atoms with Gasteiger partial charge in [-0.15, -0.1) is 0 Å². The number of benzene rings is 4. The molecule has 212 valence electrons. The summed E-state index contributed by atoms with van der Waals surface area (Å²) in [6.07, 6.45) is 2.33. The molecule has 1 amide bonds. The highest BCUT2D eigenvalue weighted by atomic mass is 16.2. The molecule has 0 bridgehead atoms. The molecule has 0 aliphatic heterocycles. The van der Waals surface area contributed by atoms with Crippen LogP contribution in [0.2, 0.25) is 0 Å². The van der Waals surface area contributed by atoms with Gasteiger partial charge in [-0.1, -0.05) is 94.4 Å². The molecule has 0 spiro atoms. The number of carbonyl (C=O) groups is 1. The molecule has 5 rings (SSSR count). The van der Waals surface area contributed by atoms with Crippen LogP contribution in [0, 0.1) is 6.92 Å². The summed E-state index contributed by atoms with van der Waals surface area (Å²) in [5.41, 5.74) is 19.3. The van der Waals surface area contributed by atoms with Gasteiger partial charge in [0, 0.05) is 18.7 Å². The second-order valence-electron chi connectivity index (χ2n) is 12.9. The van der Waals surface area contributed by atoms with Crippen LogP contribution in [0.3, 0.4) is 0 Å². The van der Waals surface area contributed by atoms with Gasteiger partial charge in [-0.2, -0.15) is 0 Å². The van der Waals surface area contributed by atoms with E-state index in [2.05, 4.69) is 76.0 Å². The van der Waals surface area contributed by atoms with Gasteiger partial charge in [0.2, 0.25) is 0 Å². The van der Waals surface area contributed by atoms with Crippen molar-refractivity contribution in [3.8, 4) is 0 Å². The fourth-order valence-corrected chi connectivity index (χ4v) is 6.00. The fraction of sp³-hybridized carbons (Fsp3) is 0.333. The molecule has 5 nitrogen and oxygen atoms in total. The minimum absolute atomic E-state index is 0.0250. The second kappa shape index (κ2) is 11.0. The van der Waals surface area contributed by atoms with Crippen LogP contribution < -0.4 is 11.5 Å². The zero-order valence-electron chi connectivity index (χ0n) is 25.0. The minimum Gasteiger partial charge on any atom is -0.370 e. The number of hydrogen-bond donors (Lipinski definition) is 2. The van der Waals surface area contributed by atoms with Crippen molar-refractivity contribution in [3.63, 3.8) is 0 Å². The average Bonchev–Trinajstić information content (AvgIpc) is 2.94. The molecule has 0 saturated heterocycles. The third kappa shape index (κ3) is 6.14. The number of rotatable bonds is 7. The lowest BCUT2D eigenvalue weighted by atomic mass is 9.62. The van der Waals surface area contributed by atoms with E-state index in [0.29, 0.717) is 25.2 Å². The zero-order chi connectivity index (χ0) is 29.4. The molecular formula is C36H42N4O. The molecule has 0 atom stereocenters. The molecule has 0 aromatic heterocycles. The lowest BCUT2D eigenvalue weighted by Crippen LogP contribution is -2.35. The Labute approximate surface area is 244 Å². The van der Waals surface area contributed by atoms with Crippen molar-refractivity contribution in [3.05, 3.63) is 118 Å². The van der Waals surface area contributed by atoms with E-state index in [4.69, 9.17) is 11.5 Å². The molecule has 0 heterocycles. The van der Waals surface area contributed by atoms with Crippen molar-refractivity contribution in [1.82, 2.24) is 4.90 Å². The number of hydrogen-bond acceptors (Lipinski definition) is 2. The number of nitrogens with two attached hydrogens (primary N) is 2. The van der Waals surface area contributed by atoms with Crippen molar-refractivity contribution in [2.45, 2.75) is 77.9 Å². The number of fused-ring (bicyclic) bond motifs is 2. The number of aliphatic imine (C=N–C) groups is 1. The Kier molecular flexibility index (Phi) is 7.65. The second-order valence-corrected chi connectivity index (χ2v) is 12.9. The molecule has 1 aliphatic rings. The Hall–Kier alpha value is -4.12. The van der Waals surface area contributed by atoms with Crippen LogP contribution in [0.5, 0.6) is 0 Å². The van der Waals surface area contributed by atoms with E-state index in [1.54, 1.807) is 0 Å². The molecule has 1 aliphatic carbocycles. The van der Waals surface area contributed by atoms with Crippen LogP contribution in [-0.4, -0.2) is 16.8 Å². The first kappa shape index (κ1) is 28.4. The highest BCUT2D eigenvalue weighted by Gasteiger charge is 2.37. The maximum absolute atomic E-state index is 14.2. The SMILES string of the molecule is Cc1cc2c(cc1CN(Cc1ccc(CN=C(N)N)cc1)C(=O)c1ccc3ccccc3c1)C(C)(C)CCC2(C)C. The van der Waals surface area contributed by atoms with E-state index in [1.807, 2.05) is 47.4 Å². The van der Waals surface area contributed by atoms with Crippen LogP contribution in [-0.2, 0) is 30.5 Å². The number of guanidine groups is 1. The van der Waals surface area contributed by atoms with Crippen molar-refractivity contribution >= 4 is 22.6 Å². The first-order valence-electron chi connectivity index (χ1n) is 14.5. The van der Waals surface area contributed by atoms with Gasteiger partial charge in [0.25, 0.3) is 5.91 Å². The maximum Gasteiger partial charge on any atom is 0.254 e. The number of carbonyl (C=O) groups excluding carboxylic acids is 1. The first-order chi connectivity index (χ1) is 19.4. The normalized spacial score (nSPS) is 15.2. The summed E-state index contributed by atoms with van der Waals surface area (Å²) in [6, 6.07) is 27.1. The lowest BCUT2D eigenvalue weighted by Gasteiger charge is -2.42. The number of nitrogens with zero attached hydrogens (tertiary/aromatic N) is 2.